The van der Waals surface area contributed by atoms with E-state index >= 15 is 0 Å². The highest BCUT2D eigenvalue weighted by molar-refractivity contribution is 7.99. The molecular weight excluding hydrogens is 196 g/mol. The van der Waals surface area contributed by atoms with Crippen LogP contribution in [0, 0.1) is 5.92 Å². The average molecular weight is 216 g/mol. The third-order valence-electron chi connectivity index (χ3n) is 3.31. The Morgan fingerprint density at radius 3 is 2.71 bits per heavy atom. The van der Waals surface area contributed by atoms with Crippen LogP contribution in [0.2, 0.25) is 0 Å². The second-order valence-electron chi connectivity index (χ2n) is 4.43. The lowest BCUT2D eigenvalue weighted by Crippen LogP contribution is -2.23. The first kappa shape index (κ1) is 10.8. The summed E-state index contributed by atoms with van der Waals surface area (Å²) >= 11 is 1.97. The Bertz CT molecular complexity index is 163. The highest BCUT2D eigenvalue weighted by Crippen LogP contribution is 2.31. The molecule has 0 bridgehead atoms. The maximum atomic E-state index is 9.91. The third-order valence-corrected chi connectivity index (χ3v) is 4.79. The summed E-state index contributed by atoms with van der Waals surface area (Å²) in [4.78, 5) is 0. The van der Waals surface area contributed by atoms with E-state index in [-0.39, 0.29) is 6.10 Å². The van der Waals surface area contributed by atoms with Crippen molar-refractivity contribution in [1.82, 2.24) is 0 Å². The van der Waals surface area contributed by atoms with Gasteiger partial charge in [0.15, 0.2) is 0 Å². The molecule has 0 amide bonds. The Morgan fingerprint density at radius 1 is 1.29 bits per heavy atom. The highest BCUT2D eigenvalue weighted by Gasteiger charge is 2.25. The molecule has 0 aromatic rings. The van der Waals surface area contributed by atoms with E-state index in [1.807, 2.05) is 11.8 Å². The minimum Gasteiger partial charge on any atom is -0.392 e. The van der Waals surface area contributed by atoms with Crippen LogP contribution in [0.5, 0.6) is 0 Å². The Morgan fingerprint density at radius 2 is 2.07 bits per heavy atom. The number of thioether (sulfide) groups is 1. The number of aliphatic hydroxyl groups excluding tert-OH is 1. The van der Waals surface area contributed by atoms with Gasteiger partial charge in [0.05, 0.1) is 12.7 Å². The fourth-order valence-electron chi connectivity index (χ4n) is 2.28. The largest absolute Gasteiger partial charge is 0.392 e. The normalized spacial score (nSPS) is 31.1. The summed E-state index contributed by atoms with van der Waals surface area (Å²) < 4.78 is 5.28. The van der Waals surface area contributed by atoms with Crippen LogP contribution in [0.3, 0.4) is 0 Å². The lowest BCUT2D eigenvalue weighted by molar-refractivity contribution is 0.109. The molecule has 0 aromatic carbocycles. The van der Waals surface area contributed by atoms with Crippen molar-refractivity contribution in [1.29, 1.82) is 0 Å². The summed E-state index contributed by atoms with van der Waals surface area (Å²) in [6.07, 6.45) is 6.41. The summed E-state index contributed by atoms with van der Waals surface area (Å²) in [6, 6.07) is 0. The molecular formula is C11H20O2S. The Hall–Kier alpha value is 0.270. The average Bonchev–Trinajstić information content (AvgIpc) is 2.87. The molecule has 3 heteroatoms. The monoisotopic (exact) mass is 216 g/mol. The highest BCUT2D eigenvalue weighted by atomic mass is 32.2. The number of hydrogen-bond donors (Lipinski definition) is 1. The molecule has 1 saturated heterocycles. The molecule has 1 aliphatic heterocycles. The van der Waals surface area contributed by atoms with Crippen LogP contribution in [0.1, 0.15) is 32.1 Å². The molecule has 2 aliphatic rings. The van der Waals surface area contributed by atoms with Gasteiger partial charge in [-0.25, -0.2) is 0 Å². The zero-order chi connectivity index (χ0) is 9.80. The summed E-state index contributed by atoms with van der Waals surface area (Å²) in [7, 11) is 0. The van der Waals surface area contributed by atoms with Crippen LogP contribution in [0.25, 0.3) is 0 Å². The topological polar surface area (TPSA) is 29.5 Å². The van der Waals surface area contributed by atoms with Gasteiger partial charge >= 0.3 is 0 Å². The van der Waals surface area contributed by atoms with E-state index in [2.05, 4.69) is 0 Å². The van der Waals surface area contributed by atoms with Gasteiger partial charge in [0.1, 0.15) is 0 Å². The minimum atomic E-state index is -0.136. The SMILES string of the molecule is OC(CSC1CCCC1)C1CCOC1. The van der Waals surface area contributed by atoms with Crippen molar-refractivity contribution in [3.05, 3.63) is 0 Å². The van der Waals surface area contributed by atoms with Crippen LogP contribution in [-0.2, 0) is 4.74 Å². The molecule has 2 nitrogen and oxygen atoms in total. The first-order valence-corrected chi connectivity index (χ1v) is 6.78. The van der Waals surface area contributed by atoms with Crippen molar-refractivity contribution in [2.24, 2.45) is 5.92 Å². The van der Waals surface area contributed by atoms with E-state index in [0.29, 0.717) is 5.92 Å². The quantitative estimate of drug-likeness (QED) is 0.780. The summed E-state index contributed by atoms with van der Waals surface area (Å²) in [5, 5.41) is 10.7. The summed E-state index contributed by atoms with van der Waals surface area (Å²) in [6.45, 7) is 1.61. The fraction of sp³-hybridized carbons (Fsp3) is 1.00. The molecule has 2 unspecified atom stereocenters. The maximum Gasteiger partial charge on any atom is 0.0681 e. The lowest BCUT2D eigenvalue weighted by Gasteiger charge is -2.17. The van der Waals surface area contributed by atoms with E-state index < -0.39 is 0 Å². The molecule has 14 heavy (non-hydrogen) atoms. The van der Waals surface area contributed by atoms with E-state index in [0.717, 1.165) is 30.6 Å². The number of rotatable bonds is 4. The van der Waals surface area contributed by atoms with E-state index in [1.54, 1.807) is 0 Å². The summed E-state index contributed by atoms with van der Waals surface area (Å²) in [5.74, 6) is 1.32. The number of hydrogen-bond acceptors (Lipinski definition) is 3. The van der Waals surface area contributed by atoms with Gasteiger partial charge in [-0.3, -0.25) is 0 Å². The smallest absolute Gasteiger partial charge is 0.0681 e. The van der Waals surface area contributed by atoms with E-state index in [4.69, 9.17) is 4.74 Å². The standard InChI is InChI=1S/C11H20O2S/c12-11(9-5-6-13-7-9)8-14-10-3-1-2-4-10/h9-12H,1-8H2. The van der Waals surface area contributed by atoms with Crippen molar-refractivity contribution in [3.63, 3.8) is 0 Å². The second-order valence-corrected chi connectivity index (χ2v) is 5.76. The first-order valence-electron chi connectivity index (χ1n) is 5.73. The lowest BCUT2D eigenvalue weighted by atomic mass is 10.0. The maximum absolute atomic E-state index is 9.91. The van der Waals surface area contributed by atoms with Gasteiger partial charge in [0, 0.05) is 23.5 Å². The van der Waals surface area contributed by atoms with E-state index in [1.165, 1.54) is 25.7 Å². The van der Waals surface area contributed by atoms with Gasteiger partial charge in [-0.1, -0.05) is 12.8 Å². The van der Waals surface area contributed by atoms with Gasteiger partial charge in [-0.05, 0) is 19.3 Å². The van der Waals surface area contributed by atoms with Gasteiger partial charge in [0.25, 0.3) is 0 Å². The van der Waals surface area contributed by atoms with Crippen LogP contribution < -0.4 is 0 Å². The third kappa shape index (κ3) is 2.88. The van der Waals surface area contributed by atoms with Crippen LogP contribution in [0.4, 0.5) is 0 Å². The van der Waals surface area contributed by atoms with Gasteiger partial charge < -0.3 is 9.84 Å². The molecule has 0 aromatic heterocycles. The predicted octanol–water partition coefficient (Wildman–Crippen LogP) is 2.06. The minimum absolute atomic E-state index is 0.136. The van der Waals surface area contributed by atoms with Crippen LogP contribution in [0.15, 0.2) is 0 Å². The Kier molecular flexibility index (Phi) is 4.14. The number of aliphatic hydroxyl groups is 1. The molecule has 1 N–H and O–H groups in total. The van der Waals surface area contributed by atoms with Crippen molar-refractivity contribution in [2.75, 3.05) is 19.0 Å². The van der Waals surface area contributed by atoms with Crippen LogP contribution in [-0.4, -0.2) is 35.4 Å². The molecule has 2 fully saturated rings. The molecule has 0 radical (unpaired) electrons. The van der Waals surface area contributed by atoms with Gasteiger partial charge in [-0.15, -0.1) is 0 Å². The zero-order valence-corrected chi connectivity index (χ0v) is 9.47. The predicted molar refractivity (Wildman–Crippen MR) is 59.6 cm³/mol. The van der Waals surface area contributed by atoms with E-state index in [9.17, 15) is 5.11 Å². The fourth-order valence-corrected chi connectivity index (χ4v) is 3.69. The van der Waals surface area contributed by atoms with Gasteiger partial charge in [0.2, 0.25) is 0 Å². The Labute approximate surface area is 90.4 Å². The van der Waals surface area contributed by atoms with Crippen LogP contribution >= 0.6 is 11.8 Å². The number of ether oxygens (including phenoxy) is 1. The van der Waals surface area contributed by atoms with Gasteiger partial charge in [-0.2, -0.15) is 11.8 Å². The molecule has 2 atom stereocenters. The Balaban J connectivity index is 1.63. The molecule has 1 aliphatic carbocycles. The second kappa shape index (κ2) is 5.38. The van der Waals surface area contributed by atoms with Crippen molar-refractivity contribution >= 4 is 11.8 Å². The molecule has 2 rings (SSSR count). The van der Waals surface area contributed by atoms with Crippen molar-refractivity contribution < 1.29 is 9.84 Å². The zero-order valence-electron chi connectivity index (χ0n) is 8.65. The molecule has 82 valence electrons. The molecule has 1 heterocycles. The first-order chi connectivity index (χ1) is 6.86. The molecule has 0 spiro atoms. The molecule has 1 saturated carbocycles. The summed E-state index contributed by atoms with van der Waals surface area (Å²) in [5.41, 5.74) is 0. The van der Waals surface area contributed by atoms with Crippen molar-refractivity contribution in [2.45, 2.75) is 43.5 Å². The van der Waals surface area contributed by atoms with Crippen molar-refractivity contribution in [3.8, 4) is 0 Å².